The molecule has 0 saturated carbocycles. The number of aliphatic hydroxyl groups is 2. The SMILES string of the molecule is CCNCC(=O)NC[C@H](NC(=O)c1c(Cl)cc(C(O)CCc2cccc(Cl)c2)cc1Cl)C(=O)O.CO. The number of benzene rings is 2. The molecule has 0 aliphatic carbocycles. The van der Waals surface area contributed by atoms with Crippen molar-refractivity contribution in [3.05, 3.63) is 68.2 Å². The van der Waals surface area contributed by atoms with E-state index in [-0.39, 0.29) is 28.7 Å². The summed E-state index contributed by atoms with van der Waals surface area (Å²) in [6.07, 6.45) is 0.0235. The van der Waals surface area contributed by atoms with Crippen molar-refractivity contribution < 1.29 is 29.7 Å². The first kappa shape index (κ1) is 31.6. The predicted octanol–water partition coefficient (Wildman–Crippen LogP) is 2.83. The molecule has 0 bridgehead atoms. The van der Waals surface area contributed by atoms with Gasteiger partial charge in [0, 0.05) is 18.7 Å². The van der Waals surface area contributed by atoms with Crippen LogP contribution in [0.1, 0.15) is 40.9 Å². The number of carboxylic acids is 1. The number of hydrogen-bond acceptors (Lipinski definition) is 6. The molecule has 0 spiro atoms. The molecule has 1 unspecified atom stereocenters. The predicted molar refractivity (Wildman–Crippen MR) is 140 cm³/mol. The lowest BCUT2D eigenvalue weighted by atomic mass is 10.00. The van der Waals surface area contributed by atoms with Crippen molar-refractivity contribution in [1.29, 1.82) is 0 Å². The van der Waals surface area contributed by atoms with Crippen molar-refractivity contribution in [3.8, 4) is 0 Å². The van der Waals surface area contributed by atoms with E-state index < -0.39 is 29.9 Å². The molecule has 2 aromatic rings. The molecular weight excluding hydrogens is 533 g/mol. The number of rotatable bonds is 12. The number of aliphatic hydroxyl groups excluding tert-OH is 2. The highest BCUT2D eigenvalue weighted by molar-refractivity contribution is 6.39. The van der Waals surface area contributed by atoms with E-state index in [1.807, 2.05) is 25.1 Å². The van der Waals surface area contributed by atoms with Crippen LogP contribution in [-0.2, 0) is 16.0 Å². The number of aryl methyl sites for hydroxylation is 1. The van der Waals surface area contributed by atoms with E-state index >= 15 is 0 Å². The second kappa shape index (κ2) is 16.4. The molecule has 0 aliphatic heterocycles. The van der Waals surface area contributed by atoms with Crippen molar-refractivity contribution in [2.45, 2.75) is 31.9 Å². The Hall–Kier alpha value is -2.40. The van der Waals surface area contributed by atoms with Crippen LogP contribution in [0.5, 0.6) is 0 Å². The van der Waals surface area contributed by atoms with Gasteiger partial charge in [0.05, 0.1) is 28.3 Å². The minimum Gasteiger partial charge on any atom is -0.480 e. The molecule has 198 valence electrons. The van der Waals surface area contributed by atoms with Gasteiger partial charge in [-0.3, -0.25) is 9.59 Å². The van der Waals surface area contributed by atoms with E-state index in [9.17, 15) is 24.6 Å². The van der Waals surface area contributed by atoms with Crippen molar-refractivity contribution in [2.24, 2.45) is 0 Å². The summed E-state index contributed by atoms with van der Waals surface area (Å²) in [5, 5.41) is 35.0. The summed E-state index contributed by atoms with van der Waals surface area (Å²) < 4.78 is 0. The van der Waals surface area contributed by atoms with E-state index in [1.165, 1.54) is 12.1 Å². The largest absolute Gasteiger partial charge is 0.480 e. The Morgan fingerprint density at radius 3 is 2.22 bits per heavy atom. The van der Waals surface area contributed by atoms with E-state index in [4.69, 9.17) is 39.9 Å². The second-order valence-electron chi connectivity index (χ2n) is 7.49. The van der Waals surface area contributed by atoms with Crippen molar-refractivity contribution in [3.63, 3.8) is 0 Å². The molecular formula is C24H30Cl3N3O6. The van der Waals surface area contributed by atoms with E-state index in [1.54, 1.807) is 6.07 Å². The average Bonchev–Trinajstić information content (AvgIpc) is 2.84. The molecule has 6 N–H and O–H groups in total. The summed E-state index contributed by atoms with van der Waals surface area (Å²) >= 11 is 18.5. The van der Waals surface area contributed by atoms with Crippen molar-refractivity contribution in [2.75, 3.05) is 26.7 Å². The third-order valence-corrected chi connectivity index (χ3v) is 5.75. The van der Waals surface area contributed by atoms with Gasteiger partial charge < -0.3 is 31.3 Å². The number of halogens is 3. The molecule has 2 rings (SSSR count). The van der Waals surface area contributed by atoms with Gasteiger partial charge in [-0.15, -0.1) is 0 Å². The van der Waals surface area contributed by atoms with Crippen LogP contribution in [0, 0.1) is 0 Å². The highest BCUT2D eigenvalue weighted by atomic mass is 35.5. The van der Waals surface area contributed by atoms with Crippen LogP contribution < -0.4 is 16.0 Å². The Kier molecular flexibility index (Phi) is 14.4. The fraction of sp³-hybridized carbons (Fsp3) is 0.375. The number of amides is 2. The van der Waals surface area contributed by atoms with Crippen molar-refractivity contribution >= 4 is 52.6 Å². The number of carboxylic acid groups (broad SMARTS) is 1. The first-order valence-corrected chi connectivity index (χ1v) is 12.1. The minimum absolute atomic E-state index is 0.0234. The number of aliphatic carboxylic acids is 1. The first-order chi connectivity index (χ1) is 17.1. The summed E-state index contributed by atoms with van der Waals surface area (Å²) in [4.78, 5) is 35.9. The molecule has 0 aromatic heterocycles. The van der Waals surface area contributed by atoms with Gasteiger partial charge in [-0.05, 0) is 54.8 Å². The lowest BCUT2D eigenvalue weighted by Gasteiger charge is -2.18. The highest BCUT2D eigenvalue weighted by Crippen LogP contribution is 2.31. The lowest BCUT2D eigenvalue weighted by Crippen LogP contribution is -2.49. The van der Waals surface area contributed by atoms with E-state index in [0.29, 0.717) is 30.0 Å². The molecule has 12 heteroatoms. The molecule has 0 aliphatic rings. The zero-order valence-corrected chi connectivity index (χ0v) is 22.1. The van der Waals surface area contributed by atoms with Crippen LogP contribution in [-0.4, -0.2) is 65.9 Å². The molecule has 9 nitrogen and oxygen atoms in total. The summed E-state index contributed by atoms with van der Waals surface area (Å²) in [5.41, 5.74) is 1.25. The number of nitrogens with one attached hydrogen (secondary N) is 3. The first-order valence-electron chi connectivity index (χ1n) is 11.0. The standard InChI is InChI=1S/C23H26Cl3N3O5.CH4O/c1-2-27-12-20(31)28-11-18(23(33)34)29-22(32)21-16(25)9-14(10-17(21)26)19(30)7-6-13-4-3-5-15(24)8-13;1-2/h3-5,8-10,18-19,27,30H,2,6-7,11-12H2,1H3,(H,28,31)(H,29,32)(H,33,34);2H,1H3/t18-,19?;/m0./s1. The highest BCUT2D eigenvalue weighted by Gasteiger charge is 2.25. The van der Waals surface area contributed by atoms with Gasteiger partial charge in [0.25, 0.3) is 5.91 Å². The summed E-state index contributed by atoms with van der Waals surface area (Å²) in [6.45, 7) is 2.11. The maximum absolute atomic E-state index is 12.7. The summed E-state index contributed by atoms with van der Waals surface area (Å²) in [5.74, 6) is -2.56. The molecule has 0 heterocycles. The molecule has 2 atom stereocenters. The van der Waals surface area contributed by atoms with E-state index in [0.717, 1.165) is 12.7 Å². The zero-order valence-electron chi connectivity index (χ0n) is 19.9. The normalized spacial score (nSPS) is 12.1. The van der Waals surface area contributed by atoms with Gasteiger partial charge >= 0.3 is 5.97 Å². The van der Waals surface area contributed by atoms with Crippen LogP contribution in [0.4, 0.5) is 0 Å². The maximum Gasteiger partial charge on any atom is 0.328 e. The molecule has 0 saturated heterocycles. The number of carbonyl (C=O) groups excluding carboxylic acids is 2. The third-order valence-electron chi connectivity index (χ3n) is 4.91. The smallest absolute Gasteiger partial charge is 0.328 e. The number of hydrogen-bond donors (Lipinski definition) is 6. The van der Waals surface area contributed by atoms with Gasteiger partial charge in [-0.1, -0.05) is 53.9 Å². The minimum atomic E-state index is -1.40. The molecule has 2 aromatic carbocycles. The summed E-state index contributed by atoms with van der Waals surface area (Å²) in [7, 11) is 1.00. The monoisotopic (exact) mass is 561 g/mol. The molecule has 0 radical (unpaired) electrons. The Morgan fingerprint density at radius 1 is 1.03 bits per heavy atom. The third kappa shape index (κ3) is 10.3. The van der Waals surface area contributed by atoms with Gasteiger partial charge in [0.1, 0.15) is 6.04 Å². The topological polar surface area (TPSA) is 148 Å². The van der Waals surface area contributed by atoms with Crippen LogP contribution in [0.15, 0.2) is 36.4 Å². The molecule has 36 heavy (non-hydrogen) atoms. The van der Waals surface area contributed by atoms with Crippen LogP contribution in [0.3, 0.4) is 0 Å². The maximum atomic E-state index is 12.7. The Morgan fingerprint density at radius 2 is 1.67 bits per heavy atom. The van der Waals surface area contributed by atoms with Gasteiger partial charge in [0.15, 0.2) is 0 Å². The van der Waals surface area contributed by atoms with Crippen LogP contribution in [0.25, 0.3) is 0 Å². The molecule has 2 amide bonds. The molecule has 0 fully saturated rings. The van der Waals surface area contributed by atoms with Crippen molar-refractivity contribution in [1.82, 2.24) is 16.0 Å². The fourth-order valence-electron chi connectivity index (χ4n) is 3.11. The average molecular weight is 563 g/mol. The number of likely N-dealkylation sites (N-methyl/N-ethyl adjacent to an activating group) is 1. The second-order valence-corrected chi connectivity index (χ2v) is 8.74. The zero-order chi connectivity index (χ0) is 27.3. The van der Waals surface area contributed by atoms with Gasteiger partial charge in [-0.2, -0.15) is 0 Å². The Labute approximate surface area is 224 Å². The fourth-order valence-corrected chi connectivity index (χ4v) is 4.00. The van der Waals surface area contributed by atoms with Crippen LogP contribution >= 0.6 is 34.8 Å². The van der Waals surface area contributed by atoms with E-state index in [2.05, 4.69) is 16.0 Å². The van der Waals surface area contributed by atoms with Gasteiger partial charge in [-0.25, -0.2) is 4.79 Å². The quantitative estimate of drug-likeness (QED) is 0.233. The number of carbonyl (C=O) groups is 3. The Balaban J connectivity index is 0.00000316. The lowest BCUT2D eigenvalue weighted by molar-refractivity contribution is -0.139. The van der Waals surface area contributed by atoms with Crippen LogP contribution in [0.2, 0.25) is 15.1 Å². The Bertz CT molecular complexity index is 1010. The summed E-state index contributed by atoms with van der Waals surface area (Å²) in [6, 6.07) is 8.73. The van der Waals surface area contributed by atoms with Gasteiger partial charge in [0.2, 0.25) is 5.91 Å².